The number of halogens is 2. The Bertz CT molecular complexity index is 1180. The molecule has 1 aromatic carbocycles. The van der Waals surface area contributed by atoms with Crippen LogP contribution in [0.4, 0.5) is 4.39 Å². The van der Waals surface area contributed by atoms with E-state index < -0.39 is 35.0 Å². The van der Waals surface area contributed by atoms with E-state index in [1.807, 2.05) is 0 Å². The number of nitrogens with one attached hydrogen (secondary N) is 1. The Kier molecular flexibility index (Phi) is 4.75. The molecule has 2 amide bonds. The molecule has 8 nitrogen and oxygen atoms in total. The topological polar surface area (TPSA) is 101 Å². The first-order chi connectivity index (χ1) is 14.9. The zero-order valence-corrected chi connectivity index (χ0v) is 17.1. The van der Waals surface area contributed by atoms with Crippen LogP contribution in [0.5, 0.6) is 5.75 Å². The molecule has 2 N–H and O–H groups in total. The third kappa shape index (κ3) is 2.95. The minimum Gasteiger partial charge on any atom is -0.503 e. The van der Waals surface area contributed by atoms with E-state index in [1.165, 1.54) is 12.1 Å². The van der Waals surface area contributed by atoms with Crippen LogP contribution in [0.15, 0.2) is 23.0 Å². The van der Waals surface area contributed by atoms with Gasteiger partial charge < -0.3 is 24.6 Å². The average Bonchev–Trinajstić information content (AvgIpc) is 3.19. The second kappa shape index (κ2) is 7.35. The Morgan fingerprint density at radius 3 is 2.97 bits per heavy atom. The van der Waals surface area contributed by atoms with Gasteiger partial charge in [-0.1, -0.05) is 23.7 Å². The number of benzene rings is 1. The summed E-state index contributed by atoms with van der Waals surface area (Å²) in [6, 6.07) is 4.14. The van der Waals surface area contributed by atoms with Gasteiger partial charge in [-0.15, -0.1) is 0 Å². The molecule has 1 aromatic heterocycles. The van der Waals surface area contributed by atoms with Crippen LogP contribution in [-0.4, -0.2) is 45.8 Å². The van der Waals surface area contributed by atoms with E-state index in [0.29, 0.717) is 38.1 Å². The van der Waals surface area contributed by atoms with Crippen molar-refractivity contribution < 1.29 is 23.8 Å². The number of carbonyl (C=O) groups is 2. The third-order valence-electron chi connectivity index (χ3n) is 6.13. The van der Waals surface area contributed by atoms with E-state index in [0.717, 1.165) is 0 Å². The van der Waals surface area contributed by atoms with Gasteiger partial charge in [0.25, 0.3) is 11.8 Å². The Morgan fingerprint density at radius 2 is 2.16 bits per heavy atom. The highest BCUT2D eigenvalue weighted by Gasteiger charge is 2.48. The Labute approximate surface area is 181 Å². The van der Waals surface area contributed by atoms with Crippen LogP contribution < -0.4 is 10.7 Å². The summed E-state index contributed by atoms with van der Waals surface area (Å²) in [6.45, 7) is 0.811. The average molecular weight is 448 g/mol. The summed E-state index contributed by atoms with van der Waals surface area (Å²) in [5, 5.41) is 13.0. The van der Waals surface area contributed by atoms with Gasteiger partial charge in [-0.05, 0) is 25.3 Å². The third-order valence-corrected chi connectivity index (χ3v) is 6.42. The summed E-state index contributed by atoms with van der Waals surface area (Å²) < 4.78 is 21.5. The maximum absolute atomic E-state index is 14.1. The molecule has 2 atom stereocenters. The predicted molar refractivity (Wildman–Crippen MR) is 108 cm³/mol. The van der Waals surface area contributed by atoms with Gasteiger partial charge in [0.15, 0.2) is 17.7 Å². The lowest BCUT2D eigenvalue weighted by Crippen LogP contribution is -2.55. The van der Waals surface area contributed by atoms with E-state index in [9.17, 15) is 23.9 Å². The van der Waals surface area contributed by atoms with E-state index in [-0.39, 0.29) is 34.4 Å². The molecule has 0 spiro atoms. The number of ether oxygens (including phenoxy) is 1. The van der Waals surface area contributed by atoms with Crippen molar-refractivity contribution in [3.8, 4) is 5.75 Å². The number of nitrogens with zero attached hydrogens (tertiary/aromatic N) is 2. The maximum atomic E-state index is 14.1. The van der Waals surface area contributed by atoms with Crippen LogP contribution in [0, 0.1) is 5.82 Å². The summed E-state index contributed by atoms with van der Waals surface area (Å²) in [4.78, 5) is 40.3. The van der Waals surface area contributed by atoms with Gasteiger partial charge >= 0.3 is 0 Å². The van der Waals surface area contributed by atoms with Crippen molar-refractivity contribution in [3.05, 3.63) is 61.8 Å². The number of pyridine rings is 1. The largest absolute Gasteiger partial charge is 0.503 e. The van der Waals surface area contributed by atoms with Gasteiger partial charge in [-0.2, -0.15) is 0 Å². The highest BCUT2D eigenvalue weighted by atomic mass is 35.5. The lowest BCUT2D eigenvalue weighted by Gasteiger charge is -2.44. The highest BCUT2D eigenvalue weighted by molar-refractivity contribution is 6.30. The van der Waals surface area contributed by atoms with Crippen LogP contribution in [-0.2, 0) is 17.7 Å². The molecule has 4 heterocycles. The van der Waals surface area contributed by atoms with E-state index in [4.69, 9.17) is 16.3 Å². The molecule has 0 radical (unpaired) electrons. The van der Waals surface area contributed by atoms with Gasteiger partial charge in [-0.25, -0.2) is 4.39 Å². The normalized spacial score (nSPS) is 21.6. The quantitative estimate of drug-likeness (QED) is 0.749. The van der Waals surface area contributed by atoms with Crippen molar-refractivity contribution in [2.45, 2.75) is 38.1 Å². The summed E-state index contributed by atoms with van der Waals surface area (Å²) in [5.74, 6) is -2.63. The fourth-order valence-electron chi connectivity index (χ4n) is 4.74. The van der Waals surface area contributed by atoms with Crippen molar-refractivity contribution in [2.75, 3.05) is 13.2 Å². The molecular formula is C21H19ClFN3O5. The van der Waals surface area contributed by atoms with Gasteiger partial charge in [-0.3, -0.25) is 14.4 Å². The maximum Gasteiger partial charge on any atom is 0.276 e. The van der Waals surface area contributed by atoms with E-state index in [1.54, 1.807) is 15.5 Å². The smallest absolute Gasteiger partial charge is 0.276 e. The predicted octanol–water partition coefficient (Wildman–Crippen LogP) is 1.97. The van der Waals surface area contributed by atoms with Crippen molar-refractivity contribution in [1.29, 1.82) is 0 Å². The Hall–Kier alpha value is -2.91. The lowest BCUT2D eigenvalue weighted by molar-refractivity contribution is -0.109. The molecule has 0 saturated carbocycles. The number of aromatic nitrogens is 1. The van der Waals surface area contributed by atoms with Crippen molar-refractivity contribution in [2.24, 2.45) is 0 Å². The van der Waals surface area contributed by atoms with Crippen molar-refractivity contribution in [3.63, 3.8) is 0 Å². The van der Waals surface area contributed by atoms with Crippen LogP contribution in [0.2, 0.25) is 5.02 Å². The first kappa shape index (κ1) is 20.0. The molecule has 31 heavy (non-hydrogen) atoms. The SMILES string of the molecule is O=C(NCc1cccc(Cl)c1F)c1c2n3c(c(O)c1=O)C(=O)N1CCCO[C@@H]1[C@@H]3CC2. The second-order valence-electron chi connectivity index (χ2n) is 7.83. The molecule has 1 saturated heterocycles. The highest BCUT2D eigenvalue weighted by Crippen LogP contribution is 2.41. The summed E-state index contributed by atoms with van der Waals surface area (Å²) in [5.41, 5.74) is -0.687. The number of rotatable bonds is 3. The number of hydrogen-bond acceptors (Lipinski definition) is 5. The van der Waals surface area contributed by atoms with Gasteiger partial charge in [0.1, 0.15) is 11.4 Å². The summed E-state index contributed by atoms with van der Waals surface area (Å²) in [7, 11) is 0. The number of amides is 2. The van der Waals surface area contributed by atoms with Gasteiger partial charge in [0.2, 0.25) is 5.43 Å². The fraction of sp³-hybridized carbons (Fsp3) is 0.381. The molecule has 3 aliphatic rings. The molecule has 1 fully saturated rings. The zero-order chi connectivity index (χ0) is 21.9. The molecule has 2 aromatic rings. The second-order valence-corrected chi connectivity index (χ2v) is 8.24. The molecule has 10 heteroatoms. The standard InChI is InChI=1S/C21H19ClFN3O5/c22-11-4-1-3-10(15(11)23)9-24-19(29)14-12-5-6-13-21-25(7-2-8-31-21)20(30)16(26(12)13)18(28)17(14)27/h1,3-4,13,21,28H,2,5-9H2,(H,24,29)/t13-,21+/m0/s1. The number of aromatic hydroxyl groups is 1. The first-order valence-corrected chi connectivity index (χ1v) is 10.4. The lowest BCUT2D eigenvalue weighted by atomic mass is 10.1. The molecule has 162 valence electrons. The molecule has 0 aliphatic carbocycles. The van der Waals surface area contributed by atoms with Crippen LogP contribution in [0.1, 0.15) is 51.0 Å². The number of fused-ring (bicyclic) bond motifs is 2. The number of hydrogen-bond donors (Lipinski definition) is 2. The Morgan fingerprint density at radius 1 is 1.35 bits per heavy atom. The van der Waals surface area contributed by atoms with E-state index >= 15 is 0 Å². The minimum atomic E-state index is -0.907. The van der Waals surface area contributed by atoms with Gasteiger partial charge in [0.05, 0.1) is 17.7 Å². The first-order valence-electron chi connectivity index (χ1n) is 10.0. The van der Waals surface area contributed by atoms with Crippen molar-refractivity contribution >= 4 is 23.4 Å². The van der Waals surface area contributed by atoms with Crippen LogP contribution >= 0.6 is 11.6 Å². The monoisotopic (exact) mass is 447 g/mol. The van der Waals surface area contributed by atoms with E-state index in [2.05, 4.69) is 5.32 Å². The molecule has 0 bridgehead atoms. The Balaban J connectivity index is 1.54. The number of carbonyl (C=O) groups excluding carboxylic acids is 2. The molecule has 5 rings (SSSR count). The fourth-order valence-corrected chi connectivity index (χ4v) is 4.93. The van der Waals surface area contributed by atoms with Crippen LogP contribution in [0.3, 0.4) is 0 Å². The van der Waals surface area contributed by atoms with Gasteiger partial charge in [0, 0.05) is 24.3 Å². The molecule has 3 aliphatic heterocycles. The summed E-state index contributed by atoms with van der Waals surface area (Å²) >= 11 is 5.77. The molecular weight excluding hydrogens is 429 g/mol. The zero-order valence-electron chi connectivity index (χ0n) is 16.4. The van der Waals surface area contributed by atoms with Crippen molar-refractivity contribution in [1.82, 2.24) is 14.8 Å². The van der Waals surface area contributed by atoms with Crippen LogP contribution in [0.25, 0.3) is 0 Å². The molecule has 0 unspecified atom stereocenters. The minimum absolute atomic E-state index is 0.0739. The summed E-state index contributed by atoms with van der Waals surface area (Å²) in [6.07, 6.45) is 1.12.